The van der Waals surface area contributed by atoms with Crippen molar-refractivity contribution in [2.45, 2.75) is 58.6 Å². The summed E-state index contributed by atoms with van der Waals surface area (Å²) in [7, 11) is 1.75. The summed E-state index contributed by atoms with van der Waals surface area (Å²) in [5.74, 6) is -0.180. The molecule has 0 bridgehead atoms. The Kier molecular flexibility index (Phi) is 6.63. The van der Waals surface area contributed by atoms with Crippen molar-refractivity contribution in [1.82, 2.24) is 5.32 Å². The first-order chi connectivity index (χ1) is 9.52. The van der Waals surface area contributed by atoms with Crippen LogP contribution < -0.4 is 5.32 Å². The lowest BCUT2D eigenvalue weighted by molar-refractivity contribution is -0.0486. The van der Waals surface area contributed by atoms with Gasteiger partial charge in [0.2, 0.25) is 0 Å². The zero-order valence-electron chi connectivity index (χ0n) is 13.4. The van der Waals surface area contributed by atoms with Crippen molar-refractivity contribution in [1.29, 1.82) is 0 Å². The Labute approximate surface area is 122 Å². The average molecular weight is 281 g/mol. The van der Waals surface area contributed by atoms with Crippen molar-refractivity contribution in [2.75, 3.05) is 13.7 Å². The van der Waals surface area contributed by atoms with E-state index >= 15 is 0 Å². The molecule has 0 amide bonds. The minimum Gasteiger partial charge on any atom is -0.376 e. The van der Waals surface area contributed by atoms with Crippen LogP contribution in [-0.4, -0.2) is 19.3 Å². The Hall–Kier alpha value is -0.930. The number of methoxy groups -OCH3 is 1. The second-order valence-corrected chi connectivity index (χ2v) is 5.43. The molecule has 3 heteroatoms. The van der Waals surface area contributed by atoms with Gasteiger partial charge in [0.05, 0.1) is 11.6 Å². The topological polar surface area (TPSA) is 21.3 Å². The fourth-order valence-electron chi connectivity index (χ4n) is 2.89. The first kappa shape index (κ1) is 17.1. The van der Waals surface area contributed by atoms with E-state index in [1.165, 1.54) is 0 Å². The number of aryl methyl sites for hydroxylation is 1. The monoisotopic (exact) mass is 281 g/mol. The molecule has 0 aliphatic heterocycles. The summed E-state index contributed by atoms with van der Waals surface area (Å²) in [6.45, 7) is 9.20. The lowest BCUT2D eigenvalue weighted by atomic mass is 9.83. The van der Waals surface area contributed by atoms with E-state index in [4.69, 9.17) is 4.74 Å². The largest absolute Gasteiger partial charge is 0.376 e. The van der Waals surface area contributed by atoms with Gasteiger partial charge < -0.3 is 10.1 Å². The number of halogens is 1. The highest BCUT2D eigenvalue weighted by Gasteiger charge is 2.36. The highest BCUT2D eigenvalue weighted by Crippen LogP contribution is 2.35. The van der Waals surface area contributed by atoms with Crippen molar-refractivity contribution in [3.8, 4) is 0 Å². The molecule has 0 spiro atoms. The van der Waals surface area contributed by atoms with Gasteiger partial charge in [0.25, 0.3) is 0 Å². The van der Waals surface area contributed by atoms with Gasteiger partial charge in [-0.15, -0.1) is 0 Å². The van der Waals surface area contributed by atoms with E-state index < -0.39 is 0 Å². The standard InChI is InChI=1S/C17H28FNO/c1-6-9-19-16(17(7-2,8-3)20-5)14-10-13(4)11-15(18)12-14/h10-12,16,19H,6-9H2,1-5H3. The average Bonchev–Trinajstić information content (AvgIpc) is 2.43. The Morgan fingerprint density at radius 3 is 2.30 bits per heavy atom. The molecule has 20 heavy (non-hydrogen) atoms. The number of ether oxygens (including phenoxy) is 1. The van der Waals surface area contributed by atoms with Gasteiger partial charge >= 0.3 is 0 Å². The molecule has 0 aromatic heterocycles. The van der Waals surface area contributed by atoms with E-state index in [0.717, 1.165) is 36.9 Å². The summed E-state index contributed by atoms with van der Waals surface area (Å²) in [5, 5.41) is 3.54. The predicted octanol–water partition coefficient (Wildman–Crippen LogP) is 4.38. The van der Waals surface area contributed by atoms with Crippen molar-refractivity contribution in [2.24, 2.45) is 0 Å². The van der Waals surface area contributed by atoms with E-state index in [1.54, 1.807) is 19.2 Å². The van der Waals surface area contributed by atoms with Gasteiger partial charge in [-0.3, -0.25) is 0 Å². The Morgan fingerprint density at radius 2 is 1.85 bits per heavy atom. The maximum Gasteiger partial charge on any atom is 0.123 e. The fraction of sp³-hybridized carbons (Fsp3) is 0.647. The number of hydrogen-bond acceptors (Lipinski definition) is 2. The van der Waals surface area contributed by atoms with Crippen LogP contribution in [0.4, 0.5) is 4.39 Å². The van der Waals surface area contributed by atoms with Crippen molar-refractivity contribution in [3.05, 3.63) is 35.1 Å². The smallest absolute Gasteiger partial charge is 0.123 e. The number of rotatable bonds is 8. The molecular weight excluding hydrogens is 253 g/mol. The van der Waals surface area contributed by atoms with E-state index in [9.17, 15) is 4.39 Å². The number of benzene rings is 1. The summed E-state index contributed by atoms with van der Waals surface area (Å²) < 4.78 is 19.6. The van der Waals surface area contributed by atoms with Gasteiger partial charge in [-0.25, -0.2) is 4.39 Å². The van der Waals surface area contributed by atoms with Crippen molar-refractivity contribution < 1.29 is 9.13 Å². The van der Waals surface area contributed by atoms with Crippen LogP contribution in [0.3, 0.4) is 0 Å². The molecule has 1 unspecified atom stereocenters. The Morgan fingerprint density at radius 1 is 1.20 bits per heavy atom. The molecule has 1 aromatic carbocycles. The molecule has 0 aliphatic rings. The highest BCUT2D eigenvalue weighted by atomic mass is 19.1. The van der Waals surface area contributed by atoms with Crippen molar-refractivity contribution in [3.63, 3.8) is 0 Å². The molecule has 1 aromatic rings. The van der Waals surface area contributed by atoms with E-state index in [2.05, 4.69) is 32.2 Å². The minimum absolute atomic E-state index is 0.0110. The molecule has 0 radical (unpaired) electrons. The lowest BCUT2D eigenvalue weighted by Crippen LogP contribution is -2.45. The molecular formula is C17H28FNO. The maximum absolute atomic E-state index is 13.7. The Balaban J connectivity index is 3.22. The summed E-state index contributed by atoms with van der Waals surface area (Å²) in [6, 6.07) is 5.25. The minimum atomic E-state index is -0.296. The van der Waals surface area contributed by atoms with Crippen LogP contribution in [-0.2, 0) is 4.74 Å². The first-order valence-electron chi connectivity index (χ1n) is 7.58. The van der Waals surface area contributed by atoms with Crippen LogP contribution in [0.2, 0.25) is 0 Å². The van der Waals surface area contributed by atoms with Gasteiger partial charge in [-0.1, -0.05) is 26.8 Å². The zero-order chi connectivity index (χ0) is 15.2. The first-order valence-corrected chi connectivity index (χ1v) is 7.58. The van der Waals surface area contributed by atoms with Crippen LogP contribution >= 0.6 is 0 Å². The third-order valence-electron chi connectivity index (χ3n) is 4.13. The second-order valence-electron chi connectivity index (χ2n) is 5.43. The summed E-state index contributed by atoms with van der Waals surface area (Å²) in [4.78, 5) is 0. The summed E-state index contributed by atoms with van der Waals surface area (Å²) >= 11 is 0. The van der Waals surface area contributed by atoms with Crippen LogP contribution in [0.5, 0.6) is 0 Å². The van der Waals surface area contributed by atoms with E-state index in [-0.39, 0.29) is 17.5 Å². The van der Waals surface area contributed by atoms with Gasteiger partial charge in [-0.05, 0) is 56.0 Å². The van der Waals surface area contributed by atoms with Crippen molar-refractivity contribution >= 4 is 0 Å². The molecule has 0 saturated heterocycles. The molecule has 2 nitrogen and oxygen atoms in total. The lowest BCUT2D eigenvalue weighted by Gasteiger charge is -2.39. The van der Waals surface area contributed by atoms with Gasteiger partial charge in [0.15, 0.2) is 0 Å². The number of hydrogen-bond donors (Lipinski definition) is 1. The SMILES string of the molecule is CCCNC(c1cc(C)cc(F)c1)C(CC)(CC)OC. The summed E-state index contributed by atoms with van der Waals surface area (Å²) in [5.41, 5.74) is 1.62. The van der Waals surface area contributed by atoms with E-state index in [1.807, 2.05) is 6.92 Å². The van der Waals surface area contributed by atoms with Gasteiger partial charge in [-0.2, -0.15) is 0 Å². The normalized spacial score (nSPS) is 13.5. The molecule has 0 heterocycles. The maximum atomic E-state index is 13.7. The third kappa shape index (κ3) is 3.80. The number of nitrogens with one attached hydrogen (secondary N) is 1. The third-order valence-corrected chi connectivity index (χ3v) is 4.13. The molecule has 1 atom stereocenters. The molecule has 0 aliphatic carbocycles. The van der Waals surface area contributed by atoms with E-state index in [0.29, 0.717) is 0 Å². The molecule has 114 valence electrons. The van der Waals surface area contributed by atoms with Crippen LogP contribution in [0.15, 0.2) is 18.2 Å². The molecule has 1 N–H and O–H groups in total. The predicted molar refractivity (Wildman–Crippen MR) is 82.5 cm³/mol. The molecule has 0 fully saturated rings. The van der Waals surface area contributed by atoms with Crippen LogP contribution in [0.1, 0.15) is 57.2 Å². The summed E-state index contributed by atoms with van der Waals surface area (Å²) in [6.07, 6.45) is 2.81. The Bertz CT molecular complexity index is 387. The second kappa shape index (κ2) is 7.75. The quantitative estimate of drug-likeness (QED) is 0.763. The van der Waals surface area contributed by atoms with Gasteiger partial charge in [0, 0.05) is 7.11 Å². The fourth-order valence-corrected chi connectivity index (χ4v) is 2.89. The van der Waals surface area contributed by atoms with Crippen LogP contribution in [0.25, 0.3) is 0 Å². The zero-order valence-corrected chi connectivity index (χ0v) is 13.4. The van der Waals surface area contributed by atoms with Crippen LogP contribution in [0, 0.1) is 12.7 Å². The molecule has 1 rings (SSSR count). The van der Waals surface area contributed by atoms with Gasteiger partial charge in [0.1, 0.15) is 5.82 Å². The highest BCUT2D eigenvalue weighted by molar-refractivity contribution is 5.28. The molecule has 0 saturated carbocycles.